The van der Waals surface area contributed by atoms with E-state index >= 15 is 0 Å². The molecule has 0 saturated carbocycles. The van der Waals surface area contributed by atoms with Crippen molar-refractivity contribution >= 4 is 5.97 Å². The summed E-state index contributed by atoms with van der Waals surface area (Å²) in [6.45, 7) is 3.71. The van der Waals surface area contributed by atoms with E-state index in [9.17, 15) is 4.79 Å². The summed E-state index contributed by atoms with van der Waals surface area (Å²) in [7, 11) is 0. The van der Waals surface area contributed by atoms with E-state index in [0.29, 0.717) is 6.04 Å². The standard InChI is InChI=1S/C15H21NO2/c1-10(15(17)18)11(2)16-14-9-5-7-12-6-3-4-8-13(12)14/h3-4,6,8,10-11,14,16H,5,7,9H2,1-2H3,(H,17,18). The highest BCUT2D eigenvalue weighted by molar-refractivity contribution is 5.70. The first-order valence-electron chi connectivity index (χ1n) is 6.66. The summed E-state index contributed by atoms with van der Waals surface area (Å²) < 4.78 is 0. The molecule has 2 rings (SSSR count). The predicted molar refractivity (Wildman–Crippen MR) is 71.5 cm³/mol. The van der Waals surface area contributed by atoms with Gasteiger partial charge in [0.25, 0.3) is 0 Å². The molecular weight excluding hydrogens is 226 g/mol. The Morgan fingerprint density at radius 3 is 2.83 bits per heavy atom. The molecule has 1 aromatic carbocycles. The van der Waals surface area contributed by atoms with Crippen LogP contribution >= 0.6 is 0 Å². The van der Waals surface area contributed by atoms with Crippen molar-refractivity contribution < 1.29 is 9.90 Å². The number of hydrogen-bond donors (Lipinski definition) is 2. The summed E-state index contributed by atoms with van der Waals surface area (Å²) in [5.74, 6) is -1.10. The molecular formula is C15H21NO2. The summed E-state index contributed by atoms with van der Waals surface area (Å²) in [5, 5.41) is 12.5. The van der Waals surface area contributed by atoms with Crippen molar-refractivity contribution in [3.05, 3.63) is 35.4 Å². The molecule has 3 atom stereocenters. The van der Waals surface area contributed by atoms with Gasteiger partial charge >= 0.3 is 5.97 Å². The zero-order valence-corrected chi connectivity index (χ0v) is 11.0. The molecule has 1 aliphatic rings. The van der Waals surface area contributed by atoms with Crippen molar-refractivity contribution in [3.63, 3.8) is 0 Å². The van der Waals surface area contributed by atoms with Gasteiger partial charge < -0.3 is 10.4 Å². The van der Waals surface area contributed by atoms with Crippen LogP contribution in [0.25, 0.3) is 0 Å². The van der Waals surface area contributed by atoms with Gasteiger partial charge in [-0.05, 0) is 37.3 Å². The molecule has 3 heteroatoms. The van der Waals surface area contributed by atoms with Gasteiger partial charge in [0, 0.05) is 12.1 Å². The number of hydrogen-bond acceptors (Lipinski definition) is 2. The minimum Gasteiger partial charge on any atom is -0.481 e. The smallest absolute Gasteiger partial charge is 0.307 e. The van der Waals surface area contributed by atoms with Gasteiger partial charge in [0.2, 0.25) is 0 Å². The Morgan fingerprint density at radius 2 is 2.11 bits per heavy atom. The number of benzene rings is 1. The first kappa shape index (κ1) is 13.1. The van der Waals surface area contributed by atoms with E-state index in [1.54, 1.807) is 6.92 Å². The minimum absolute atomic E-state index is 0.0151. The van der Waals surface area contributed by atoms with E-state index in [1.165, 1.54) is 17.5 Å². The largest absolute Gasteiger partial charge is 0.481 e. The van der Waals surface area contributed by atoms with Gasteiger partial charge in [-0.2, -0.15) is 0 Å². The van der Waals surface area contributed by atoms with Crippen LogP contribution in [0.1, 0.15) is 43.9 Å². The van der Waals surface area contributed by atoms with Gasteiger partial charge in [-0.3, -0.25) is 4.79 Å². The second-order valence-electron chi connectivity index (χ2n) is 5.23. The van der Waals surface area contributed by atoms with Gasteiger partial charge in [-0.15, -0.1) is 0 Å². The molecule has 98 valence electrons. The van der Waals surface area contributed by atoms with E-state index in [4.69, 9.17) is 5.11 Å². The molecule has 0 saturated heterocycles. The highest BCUT2D eigenvalue weighted by atomic mass is 16.4. The topological polar surface area (TPSA) is 49.3 Å². The first-order valence-corrected chi connectivity index (χ1v) is 6.66. The number of aryl methyl sites for hydroxylation is 1. The molecule has 0 bridgehead atoms. The maximum atomic E-state index is 11.0. The van der Waals surface area contributed by atoms with E-state index in [2.05, 4.69) is 29.6 Å². The predicted octanol–water partition coefficient (Wildman–Crippen LogP) is 2.76. The van der Waals surface area contributed by atoms with Crippen LogP contribution in [-0.2, 0) is 11.2 Å². The van der Waals surface area contributed by atoms with Crippen LogP contribution in [0.15, 0.2) is 24.3 Å². The molecule has 0 aromatic heterocycles. The zero-order valence-electron chi connectivity index (χ0n) is 11.0. The van der Waals surface area contributed by atoms with Crippen LogP contribution in [0.4, 0.5) is 0 Å². The monoisotopic (exact) mass is 247 g/mol. The fourth-order valence-electron chi connectivity index (χ4n) is 2.60. The highest BCUT2D eigenvalue weighted by Gasteiger charge is 2.25. The number of fused-ring (bicyclic) bond motifs is 1. The third-order valence-electron chi connectivity index (χ3n) is 3.97. The lowest BCUT2D eigenvalue weighted by atomic mass is 9.87. The van der Waals surface area contributed by atoms with Crippen LogP contribution in [0.3, 0.4) is 0 Å². The van der Waals surface area contributed by atoms with Crippen LogP contribution in [0, 0.1) is 5.92 Å². The number of carboxylic acid groups (broad SMARTS) is 1. The summed E-state index contributed by atoms with van der Waals surface area (Å²) in [6, 6.07) is 8.75. The molecule has 1 aliphatic carbocycles. The second-order valence-corrected chi connectivity index (χ2v) is 5.23. The average molecular weight is 247 g/mol. The molecule has 0 amide bonds. The quantitative estimate of drug-likeness (QED) is 0.860. The first-order chi connectivity index (χ1) is 8.59. The van der Waals surface area contributed by atoms with Gasteiger partial charge in [-0.1, -0.05) is 31.2 Å². The molecule has 1 aromatic rings. The van der Waals surface area contributed by atoms with Gasteiger partial charge in [0.05, 0.1) is 5.92 Å². The zero-order chi connectivity index (χ0) is 13.1. The molecule has 18 heavy (non-hydrogen) atoms. The number of aliphatic carboxylic acids is 1. The Bertz CT molecular complexity index is 430. The number of carboxylic acids is 1. The fourth-order valence-corrected chi connectivity index (χ4v) is 2.60. The van der Waals surface area contributed by atoms with Crippen molar-refractivity contribution in [3.8, 4) is 0 Å². The lowest BCUT2D eigenvalue weighted by Crippen LogP contribution is -2.39. The fraction of sp³-hybridized carbons (Fsp3) is 0.533. The molecule has 0 aliphatic heterocycles. The molecule has 3 nitrogen and oxygen atoms in total. The average Bonchev–Trinajstić information content (AvgIpc) is 2.38. The Labute approximate surface area is 108 Å². The number of carbonyl (C=O) groups is 1. The molecule has 0 fully saturated rings. The van der Waals surface area contributed by atoms with Gasteiger partial charge in [-0.25, -0.2) is 0 Å². The van der Waals surface area contributed by atoms with Crippen molar-refractivity contribution in [2.24, 2.45) is 5.92 Å². The second kappa shape index (κ2) is 5.53. The minimum atomic E-state index is -0.737. The van der Waals surface area contributed by atoms with Crippen molar-refractivity contribution in [2.45, 2.75) is 45.2 Å². The Balaban J connectivity index is 2.09. The van der Waals surface area contributed by atoms with Crippen LogP contribution in [0.2, 0.25) is 0 Å². The maximum Gasteiger partial charge on any atom is 0.307 e. The summed E-state index contributed by atoms with van der Waals surface area (Å²) >= 11 is 0. The SMILES string of the molecule is CC(NC1CCCc2ccccc21)C(C)C(=O)O. The summed E-state index contributed by atoms with van der Waals surface area (Å²) in [6.07, 6.45) is 3.40. The normalized spacial score (nSPS) is 22.0. The van der Waals surface area contributed by atoms with Crippen molar-refractivity contribution in [1.82, 2.24) is 5.32 Å². The third kappa shape index (κ3) is 2.72. The maximum absolute atomic E-state index is 11.0. The van der Waals surface area contributed by atoms with Crippen molar-refractivity contribution in [2.75, 3.05) is 0 Å². The van der Waals surface area contributed by atoms with E-state index in [-0.39, 0.29) is 12.0 Å². The van der Waals surface area contributed by atoms with E-state index in [1.807, 2.05) is 6.92 Å². The molecule has 0 heterocycles. The lowest BCUT2D eigenvalue weighted by molar-refractivity contribution is -0.142. The highest BCUT2D eigenvalue weighted by Crippen LogP contribution is 2.30. The van der Waals surface area contributed by atoms with Crippen LogP contribution in [0.5, 0.6) is 0 Å². The van der Waals surface area contributed by atoms with Crippen molar-refractivity contribution in [1.29, 1.82) is 0 Å². The Hall–Kier alpha value is -1.35. The third-order valence-corrected chi connectivity index (χ3v) is 3.97. The van der Waals surface area contributed by atoms with E-state index in [0.717, 1.165) is 12.8 Å². The molecule has 3 unspecified atom stereocenters. The molecule has 2 N–H and O–H groups in total. The Kier molecular flexibility index (Phi) is 4.02. The number of rotatable bonds is 4. The lowest BCUT2D eigenvalue weighted by Gasteiger charge is -2.30. The van der Waals surface area contributed by atoms with Crippen LogP contribution < -0.4 is 5.32 Å². The Morgan fingerprint density at radius 1 is 1.39 bits per heavy atom. The summed E-state index contributed by atoms with van der Waals surface area (Å²) in [4.78, 5) is 11.0. The number of nitrogens with one attached hydrogen (secondary N) is 1. The molecule has 0 spiro atoms. The van der Waals surface area contributed by atoms with Gasteiger partial charge in [0.1, 0.15) is 0 Å². The molecule has 0 radical (unpaired) electrons. The summed E-state index contributed by atoms with van der Waals surface area (Å²) in [5.41, 5.74) is 2.74. The van der Waals surface area contributed by atoms with Gasteiger partial charge in [0.15, 0.2) is 0 Å². The van der Waals surface area contributed by atoms with Crippen LogP contribution in [-0.4, -0.2) is 17.1 Å². The van der Waals surface area contributed by atoms with E-state index < -0.39 is 5.97 Å².